The molecule has 1 nitrogen and oxygen atoms in total. The molecule has 74 valence electrons. The first kappa shape index (κ1) is 11.1. The lowest BCUT2D eigenvalue weighted by atomic mass is 10.2. The summed E-state index contributed by atoms with van der Waals surface area (Å²) in [5.74, 6) is 0. The molecule has 1 aromatic rings. The van der Waals surface area contributed by atoms with Crippen molar-refractivity contribution in [1.82, 2.24) is 0 Å². The van der Waals surface area contributed by atoms with Gasteiger partial charge < -0.3 is 5.73 Å². The van der Waals surface area contributed by atoms with E-state index >= 15 is 0 Å². The van der Waals surface area contributed by atoms with E-state index in [4.69, 9.17) is 5.73 Å². The molecule has 0 aliphatic rings. The summed E-state index contributed by atoms with van der Waals surface area (Å²) in [6, 6.07) is 4.50. The van der Waals surface area contributed by atoms with Crippen LogP contribution in [0.4, 0.5) is 0 Å². The van der Waals surface area contributed by atoms with Crippen LogP contribution in [-0.4, -0.2) is 11.3 Å². The Balaban J connectivity index is 2.69. The zero-order valence-corrected chi connectivity index (χ0v) is 9.99. The van der Waals surface area contributed by atoms with Gasteiger partial charge in [-0.1, -0.05) is 19.9 Å². The van der Waals surface area contributed by atoms with Gasteiger partial charge in [-0.2, -0.15) is 0 Å². The van der Waals surface area contributed by atoms with Crippen LogP contribution in [0.25, 0.3) is 0 Å². The quantitative estimate of drug-likeness (QED) is 0.834. The van der Waals surface area contributed by atoms with Crippen LogP contribution < -0.4 is 5.73 Å². The van der Waals surface area contributed by atoms with Crippen molar-refractivity contribution in [2.24, 2.45) is 5.73 Å². The van der Waals surface area contributed by atoms with Gasteiger partial charge in [0.05, 0.1) is 5.25 Å². The summed E-state index contributed by atoms with van der Waals surface area (Å²) in [4.78, 5) is 1.40. The minimum Gasteiger partial charge on any atom is -0.327 e. The molecule has 0 aliphatic carbocycles. The Morgan fingerprint density at radius 2 is 2.08 bits per heavy atom. The van der Waals surface area contributed by atoms with E-state index in [2.05, 4.69) is 38.3 Å². The molecule has 0 saturated carbocycles. The number of rotatable bonds is 4. The number of thioether (sulfide) groups is 1. The third-order valence-electron chi connectivity index (χ3n) is 1.72. The van der Waals surface area contributed by atoms with Gasteiger partial charge in [-0.25, -0.2) is 0 Å². The maximum atomic E-state index is 5.96. The van der Waals surface area contributed by atoms with Crippen molar-refractivity contribution in [3.05, 3.63) is 22.4 Å². The molecule has 0 spiro atoms. The second-order valence-electron chi connectivity index (χ2n) is 3.48. The van der Waals surface area contributed by atoms with E-state index in [0.717, 1.165) is 0 Å². The van der Waals surface area contributed by atoms with Gasteiger partial charge in [0.2, 0.25) is 0 Å². The molecule has 0 aromatic carbocycles. The minimum atomic E-state index is 0.228. The van der Waals surface area contributed by atoms with Crippen LogP contribution in [0.15, 0.2) is 17.5 Å². The Hall–Kier alpha value is 0.01000. The summed E-state index contributed by atoms with van der Waals surface area (Å²) in [5, 5.41) is 3.21. The predicted octanol–water partition coefficient (Wildman–Crippen LogP) is 3.28. The summed E-state index contributed by atoms with van der Waals surface area (Å²) in [6.07, 6.45) is 0. The summed E-state index contributed by atoms with van der Waals surface area (Å²) in [6.45, 7) is 6.51. The van der Waals surface area contributed by atoms with Crippen molar-refractivity contribution in [3.8, 4) is 0 Å². The molecule has 2 unspecified atom stereocenters. The first-order valence-electron chi connectivity index (χ1n) is 4.55. The normalized spacial score (nSPS) is 16.1. The van der Waals surface area contributed by atoms with Gasteiger partial charge in [-0.15, -0.1) is 23.1 Å². The molecular formula is C10H17NS2. The lowest BCUT2D eigenvalue weighted by Crippen LogP contribution is -2.23. The number of hydrogen-bond donors (Lipinski definition) is 1. The average Bonchev–Trinajstić information content (AvgIpc) is 2.50. The van der Waals surface area contributed by atoms with Crippen molar-refractivity contribution in [1.29, 1.82) is 0 Å². The lowest BCUT2D eigenvalue weighted by molar-refractivity contribution is 0.727. The van der Waals surface area contributed by atoms with Crippen molar-refractivity contribution in [2.75, 3.05) is 0 Å². The van der Waals surface area contributed by atoms with E-state index in [0.29, 0.717) is 10.5 Å². The molecule has 0 bridgehead atoms. The maximum Gasteiger partial charge on any atom is 0.0541 e. The van der Waals surface area contributed by atoms with Crippen LogP contribution in [-0.2, 0) is 0 Å². The van der Waals surface area contributed by atoms with Gasteiger partial charge in [-0.05, 0) is 23.6 Å². The van der Waals surface area contributed by atoms with Crippen molar-refractivity contribution >= 4 is 23.1 Å². The average molecular weight is 215 g/mol. The molecule has 1 rings (SSSR count). The summed E-state index contributed by atoms with van der Waals surface area (Å²) in [5.41, 5.74) is 5.96. The smallest absolute Gasteiger partial charge is 0.0541 e. The van der Waals surface area contributed by atoms with E-state index in [1.165, 1.54) is 4.88 Å². The zero-order chi connectivity index (χ0) is 9.84. The summed E-state index contributed by atoms with van der Waals surface area (Å²) >= 11 is 3.75. The molecule has 0 amide bonds. The van der Waals surface area contributed by atoms with E-state index in [9.17, 15) is 0 Å². The van der Waals surface area contributed by atoms with E-state index in [1.807, 2.05) is 11.8 Å². The fraction of sp³-hybridized carbons (Fsp3) is 0.600. The van der Waals surface area contributed by atoms with Crippen LogP contribution in [0.5, 0.6) is 0 Å². The van der Waals surface area contributed by atoms with E-state index in [-0.39, 0.29) is 6.04 Å². The topological polar surface area (TPSA) is 26.0 Å². The highest BCUT2D eigenvalue weighted by molar-refractivity contribution is 8.00. The molecule has 0 radical (unpaired) electrons. The molecule has 2 N–H and O–H groups in total. The van der Waals surface area contributed by atoms with Crippen LogP contribution in [0.3, 0.4) is 0 Å². The second kappa shape index (κ2) is 5.03. The van der Waals surface area contributed by atoms with Gasteiger partial charge in [0, 0.05) is 10.9 Å². The standard InChI is InChI=1S/C10H17NS2/c1-7(2)13-10(8(3)11)9-5-4-6-12-9/h4-8,10H,11H2,1-3H3. The lowest BCUT2D eigenvalue weighted by Gasteiger charge is -2.20. The first-order valence-corrected chi connectivity index (χ1v) is 6.38. The van der Waals surface area contributed by atoms with Crippen LogP contribution in [0.1, 0.15) is 30.9 Å². The first-order chi connectivity index (χ1) is 6.11. The Bertz CT molecular complexity index is 229. The molecule has 0 saturated heterocycles. The Morgan fingerprint density at radius 1 is 1.38 bits per heavy atom. The van der Waals surface area contributed by atoms with Gasteiger partial charge in [0.1, 0.15) is 0 Å². The fourth-order valence-corrected chi connectivity index (χ4v) is 3.40. The highest BCUT2D eigenvalue weighted by Gasteiger charge is 2.18. The third kappa shape index (κ3) is 3.33. The number of hydrogen-bond acceptors (Lipinski definition) is 3. The van der Waals surface area contributed by atoms with E-state index in [1.54, 1.807) is 11.3 Å². The minimum absolute atomic E-state index is 0.228. The highest BCUT2D eigenvalue weighted by Crippen LogP contribution is 2.36. The van der Waals surface area contributed by atoms with E-state index < -0.39 is 0 Å². The largest absolute Gasteiger partial charge is 0.327 e. The van der Waals surface area contributed by atoms with Crippen LogP contribution >= 0.6 is 23.1 Å². The van der Waals surface area contributed by atoms with Gasteiger partial charge in [0.25, 0.3) is 0 Å². The van der Waals surface area contributed by atoms with Crippen LogP contribution in [0, 0.1) is 0 Å². The van der Waals surface area contributed by atoms with Crippen molar-refractivity contribution in [2.45, 2.75) is 37.3 Å². The Kier molecular flexibility index (Phi) is 4.29. The van der Waals surface area contributed by atoms with Gasteiger partial charge >= 0.3 is 0 Å². The van der Waals surface area contributed by atoms with Gasteiger partial charge in [-0.3, -0.25) is 0 Å². The number of nitrogens with two attached hydrogens (primary N) is 1. The molecule has 1 aromatic heterocycles. The van der Waals surface area contributed by atoms with Crippen molar-refractivity contribution in [3.63, 3.8) is 0 Å². The monoisotopic (exact) mass is 215 g/mol. The SMILES string of the molecule is CC(C)SC(c1cccs1)C(C)N. The second-order valence-corrected chi connectivity index (χ2v) is 6.18. The van der Waals surface area contributed by atoms with Gasteiger partial charge in [0.15, 0.2) is 0 Å². The molecule has 2 atom stereocenters. The molecule has 3 heteroatoms. The maximum absolute atomic E-state index is 5.96. The Labute approximate surface area is 88.7 Å². The molecule has 0 fully saturated rings. The summed E-state index contributed by atoms with van der Waals surface area (Å²) < 4.78 is 0. The predicted molar refractivity (Wildman–Crippen MR) is 63.4 cm³/mol. The third-order valence-corrected chi connectivity index (χ3v) is 4.35. The number of thiophene rings is 1. The Morgan fingerprint density at radius 3 is 2.46 bits per heavy atom. The van der Waals surface area contributed by atoms with Crippen molar-refractivity contribution < 1.29 is 0 Å². The molecule has 13 heavy (non-hydrogen) atoms. The molecular weight excluding hydrogens is 198 g/mol. The summed E-state index contributed by atoms with van der Waals surface area (Å²) in [7, 11) is 0. The molecule has 1 heterocycles. The fourth-order valence-electron chi connectivity index (χ4n) is 1.20. The van der Waals surface area contributed by atoms with Crippen LogP contribution in [0.2, 0.25) is 0 Å². The molecule has 0 aliphatic heterocycles. The zero-order valence-electron chi connectivity index (χ0n) is 8.36. The highest BCUT2D eigenvalue weighted by atomic mass is 32.2.